The number of carbonyl (C=O) groups is 1. The fourth-order valence-electron chi connectivity index (χ4n) is 7.13. The van der Waals surface area contributed by atoms with Gasteiger partial charge in [0.1, 0.15) is 11.5 Å². The van der Waals surface area contributed by atoms with Crippen molar-refractivity contribution in [1.82, 2.24) is 10.2 Å². The van der Waals surface area contributed by atoms with E-state index < -0.39 is 17.1 Å². The standard InChI is InChI=1S/C31H38N2O6/c1-18(29(36)32-14-12-19-6-9-22(38-3)10-7-19)26(35)28-31-13-15-33(17-20-4-5-20)24(30(31,2)37)16-21-8-11-23(34)27(39-28)25(21)31/h6-11,20,24,28,34-35,37H,4-5,12-17H2,1-3H3,(H,32,36)/b26-18-/t24-,28+,30-,31+/m1/s1. The molecule has 0 aromatic heterocycles. The normalized spacial score (nSPS) is 29.7. The second-order valence-electron chi connectivity index (χ2n) is 11.8. The van der Waals surface area contributed by atoms with Crippen LogP contribution in [0.2, 0.25) is 0 Å². The molecule has 1 saturated heterocycles. The zero-order valence-corrected chi connectivity index (χ0v) is 22.9. The maximum atomic E-state index is 13.1. The Kier molecular flexibility index (Phi) is 6.31. The fourth-order valence-corrected chi connectivity index (χ4v) is 7.13. The van der Waals surface area contributed by atoms with Gasteiger partial charge >= 0.3 is 0 Å². The van der Waals surface area contributed by atoms with Crippen molar-refractivity contribution in [3.8, 4) is 17.2 Å². The highest BCUT2D eigenvalue weighted by molar-refractivity contribution is 5.93. The molecule has 4 aliphatic rings. The Balaban J connectivity index is 1.28. The van der Waals surface area contributed by atoms with Crippen LogP contribution < -0.4 is 14.8 Å². The van der Waals surface area contributed by atoms with Gasteiger partial charge in [-0.3, -0.25) is 9.69 Å². The lowest BCUT2D eigenvalue weighted by Gasteiger charge is -2.59. The molecule has 8 heteroatoms. The first-order valence-corrected chi connectivity index (χ1v) is 14.0. The number of carbonyl (C=O) groups excluding carboxylic acids is 1. The van der Waals surface area contributed by atoms with E-state index in [2.05, 4.69) is 10.2 Å². The molecular formula is C31H38N2O6. The lowest BCUT2D eigenvalue weighted by molar-refractivity contribution is -0.153. The maximum Gasteiger partial charge on any atom is 0.250 e. The summed E-state index contributed by atoms with van der Waals surface area (Å²) in [6.45, 7) is 5.53. The van der Waals surface area contributed by atoms with Crippen LogP contribution in [0, 0.1) is 5.92 Å². The van der Waals surface area contributed by atoms with Crippen molar-refractivity contribution in [2.75, 3.05) is 26.7 Å². The van der Waals surface area contributed by atoms with Gasteiger partial charge < -0.3 is 30.1 Å². The van der Waals surface area contributed by atoms with E-state index in [1.165, 1.54) is 12.8 Å². The second kappa shape index (κ2) is 9.45. The summed E-state index contributed by atoms with van der Waals surface area (Å²) in [6, 6.07) is 11.1. The largest absolute Gasteiger partial charge is 0.508 e. The van der Waals surface area contributed by atoms with Gasteiger partial charge in [0.2, 0.25) is 5.91 Å². The van der Waals surface area contributed by atoms with E-state index >= 15 is 0 Å². The Bertz CT molecular complexity index is 1320. The molecule has 0 radical (unpaired) electrons. The number of nitrogens with one attached hydrogen (secondary N) is 1. The van der Waals surface area contributed by atoms with Crippen molar-refractivity contribution in [3.63, 3.8) is 0 Å². The Morgan fingerprint density at radius 3 is 2.64 bits per heavy atom. The summed E-state index contributed by atoms with van der Waals surface area (Å²) >= 11 is 0. The summed E-state index contributed by atoms with van der Waals surface area (Å²) in [5.41, 5.74) is 0.789. The summed E-state index contributed by atoms with van der Waals surface area (Å²) < 4.78 is 11.5. The molecule has 2 aromatic rings. The molecule has 208 valence electrons. The van der Waals surface area contributed by atoms with Gasteiger partial charge in [0.25, 0.3) is 0 Å². The van der Waals surface area contributed by atoms with Crippen molar-refractivity contribution < 1.29 is 29.6 Å². The molecule has 1 saturated carbocycles. The number of aromatic hydroxyl groups is 1. The molecule has 4 N–H and O–H groups in total. The van der Waals surface area contributed by atoms with E-state index in [0.29, 0.717) is 37.5 Å². The summed E-state index contributed by atoms with van der Waals surface area (Å²) in [4.78, 5) is 15.5. The van der Waals surface area contributed by atoms with Crippen LogP contribution in [0.4, 0.5) is 0 Å². The number of hydrogen-bond donors (Lipinski definition) is 4. The molecule has 1 amide bonds. The highest BCUT2D eigenvalue weighted by Gasteiger charge is 2.69. The van der Waals surface area contributed by atoms with E-state index in [-0.39, 0.29) is 29.0 Å². The summed E-state index contributed by atoms with van der Waals surface area (Å²) in [6.07, 6.45) is 3.31. The highest BCUT2D eigenvalue weighted by atomic mass is 16.5. The van der Waals surface area contributed by atoms with Gasteiger partial charge in [-0.25, -0.2) is 0 Å². The molecule has 8 nitrogen and oxygen atoms in total. The van der Waals surface area contributed by atoms with Gasteiger partial charge in [-0.15, -0.1) is 0 Å². The SMILES string of the molecule is COc1ccc(CCNC(=O)/C(C)=C(\O)[C@@H]2Oc3c(O)ccc4c3[C@@]23CCN(CC2CC2)[C@H](C4)[C@@]3(C)O)cc1. The predicted molar refractivity (Wildman–Crippen MR) is 146 cm³/mol. The zero-order valence-electron chi connectivity index (χ0n) is 22.9. The molecule has 2 aromatic carbocycles. The van der Waals surface area contributed by atoms with Crippen LogP contribution in [0.3, 0.4) is 0 Å². The van der Waals surface area contributed by atoms with Crippen molar-refractivity contribution in [2.45, 2.75) is 69.1 Å². The molecule has 39 heavy (non-hydrogen) atoms. The number of aliphatic hydroxyl groups is 2. The number of fused-ring (bicyclic) bond motifs is 1. The van der Waals surface area contributed by atoms with Gasteiger partial charge in [0.05, 0.1) is 23.7 Å². The average Bonchev–Trinajstić information content (AvgIpc) is 3.67. The number of rotatable bonds is 8. The van der Waals surface area contributed by atoms with E-state index in [1.807, 2.05) is 37.3 Å². The van der Waals surface area contributed by atoms with Crippen LogP contribution in [0.15, 0.2) is 47.7 Å². The molecule has 2 fully saturated rings. The van der Waals surface area contributed by atoms with Crippen LogP contribution in [0.5, 0.6) is 17.2 Å². The van der Waals surface area contributed by atoms with Crippen molar-refractivity contribution in [1.29, 1.82) is 0 Å². The van der Waals surface area contributed by atoms with Crippen LogP contribution in [-0.2, 0) is 23.1 Å². The number of aliphatic hydroxyl groups excluding tert-OH is 1. The lowest BCUT2D eigenvalue weighted by atomic mass is 9.53. The van der Waals surface area contributed by atoms with Gasteiger partial charge in [-0.2, -0.15) is 0 Å². The quantitative estimate of drug-likeness (QED) is 0.304. The first kappa shape index (κ1) is 26.0. The Labute approximate surface area is 229 Å². The minimum absolute atomic E-state index is 0.0142. The topological polar surface area (TPSA) is 111 Å². The van der Waals surface area contributed by atoms with Crippen molar-refractivity contribution in [2.24, 2.45) is 5.92 Å². The van der Waals surface area contributed by atoms with Gasteiger partial charge in [-0.1, -0.05) is 18.2 Å². The number of phenols is 1. The molecular weight excluding hydrogens is 496 g/mol. The average molecular weight is 535 g/mol. The van der Waals surface area contributed by atoms with E-state index in [0.717, 1.165) is 35.5 Å². The smallest absolute Gasteiger partial charge is 0.250 e. The number of piperidine rings is 1. The monoisotopic (exact) mass is 534 g/mol. The number of nitrogens with zero attached hydrogens (tertiary/aromatic N) is 1. The number of ether oxygens (including phenoxy) is 2. The third-order valence-electron chi connectivity index (χ3n) is 9.57. The van der Waals surface area contributed by atoms with Crippen molar-refractivity contribution in [3.05, 3.63) is 64.4 Å². The molecule has 4 atom stereocenters. The van der Waals surface area contributed by atoms with Gasteiger partial charge in [0.15, 0.2) is 17.6 Å². The summed E-state index contributed by atoms with van der Waals surface area (Å²) in [5, 5.41) is 37.5. The number of benzene rings is 2. The van der Waals surface area contributed by atoms with Gasteiger partial charge in [0, 0.05) is 24.7 Å². The van der Waals surface area contributed by atoms with E-state index in [1.54, 1.807) is 20.1 Å². The minimum Gasteiger partial charge on any atom is -0.508 e. The third-order valence-corrected chi connectivity index (χ3v) is 9.57. The van der Waals surface area contributed by atoms with E-state index in [9.17, 15) is 20.1 Å². The molecule has 0 unspecified atom stereocenters. The number of likely N-dealkylation sites (tertiary alicyclic amines) is 1. The molecule has 2 aliphatic carbocycles. The number of amides is 1. The number of methoxy groups -OCH3 is 1. The van der Waals surface area contributed by atoms with Crippen molar-refractivity contribution >= 4 is 5.91 Å². The maximum absolute atomic E-state index is 13.1. The minimum atomic E-state index is -1.24. The lowest BCUT2D eigenvalue weighted by Crippen LogP contribution is -2.73. The molecule has 2 heterocycles. The van der Waals surface area contributed by atoms with Crippen LogP contribution >= 0.6 is 0 Å². The predicted octanol–water partition coefficient (Wildman–Crippen LogP) is 3.38. The molecule has 6 rings (SSSR count). The van der Waals surface area contributed by atoms with Crippen LogP contribution in [0.25, 0.3) is 0 Å². The highest BCUT2D eigenvalue weighted by Crippen LogP contribution is 2.63. The Morgan fingerprint density at radius 2 is 1.95 bits per heavy atom. The molecule has 1 spiro atoms. The van der Waals surface area contributed by atoms with Crippen LogP contribution in [-0.4, -0.2) is 70.6 Å². The first-order valence-electron chi connectivity index (χ1n) is 14.0. The van der Waals surface area contributed by atoms with Gasteiger partial charge in [-0.05, 0) is 87.7 Å². The van der Waals surface area contributed by atoms with Crippen LogP contribution in [0.1, 0.15) is 49.8 Å². The number of phenolic OH excluding ortho intramolecular Hbond substituents is 1. The summed E-state index contributed by atoms with van der Waals surface area (Å²) in [5.74, 6) is 1.16. The van der Waals surface area contributed by atoms with E-state index in [4.69, 9.17) is 9.47 Å². The molecule has 2 bridgehead atoms. The second-order valence-corrected chi connectivity index (χ2v) is 11.8. The fraction of sp³-hybridized carbons (Fsp3) is 0.516. The summed E-state index contributed by atoms with van der Waals surface area (Å²) in [7, 11) is 1.62. The zero-order chi connectivity index (χ0) is 27.5. The third kappa shape index (κ3) is 4.07. The Morgan fingerprint density at radius 1 is 1.21 bits per heavy atom. The number of hydrogen-bond acceptors (Lipinski definition) is 7. The first-order chi connectivity index (χ1) is 18.7. The molecule has 2 aliphatic heterocycles. The Hall–Kier alpha value is -3.23.